The summed E-state index contributed by atoms with van der Waals surface area (Å²) in [6.07, 6.45) is 1.86. The first-order valence-electron chi connectivity index (χ1n) is 7.60. The monoisotopic (exact) mass is 335 g/mol. The fourth-order valence-corrected chi connectivity index (χ4v) is 3.56. The number of thioether (sulfide) groups is 1. The second-order valence-electron chi connectivity index (χ2n) is 5.98. The number of rotatable bonds is 6. The minimum absolute atomic E-state index is 0.298. The van der Waals surface area contributed by atoms with E-state index < -0.39 is 0 Å². The number of ether oxygens (including phenoxy) is 1. The van der Waals surface area contributed by atoms with Crippen LogP contribution >= 0.6 is 11.8 Å². The Morgan fingerprint density at radius 2 is 1.96 bits per heavy atom. The van der Waals surface area contributed by atoms with Crippen LogP contribution in [0.15, 0.2) is 11.4 Å². The van der Waals surface area contributed by atoms with Crippen LogP contribution in [0.2, 0.25) is 0 Å². The van der Waals surface area contributed by atoms with Gasteiger partial charge < -0.3 is 9.64 Å². The number of methoxy groups -OCH3 is 1. The van der Waals surface area contributed by atoms with Gasteiger partial charge in [0, 0.05) is 43.2 Å². The summed E-state index contributed by atoms with van der Waals surface area (Å²) in [6, 6.07) is 0.298. The van der Waals surface area contributed by atoms with Crippen molar-refractivity contribution in [2.75, 3.05) is 26.1 Å². The van der Waals surface area contributed by atoms with Gasteiger partial charge in [-0.2, -0.15) is 0 Å². The molecule has 2 aromatic heterocycles. The molecule has 7 heteroatoms. The van der Waals surface area contributed by atoms with Crippen molar-refractivity contribution in [3.63, 3.8) is 0 Å². The van der Waals surface area contributed by atoms with Crippen LogP contribution in [0, 0.1) is 13.8 Å². The molecule has 2 heterocycles. The lowest BCUT2D eigenvalue weighted by Gasteiger charge is -2.18. The third kappa shape index (κ3) is 3.60. The number of aromatic nitrogens is 4. The van der Waals surface area contributed by atoms with E-state index in [0.29, 0.717) is 6.04 Å². The van der Waals surface area contributed by atoms with Gasteiger partial charge in [-0.25, -0.2) is 0 Å². The van der Waals surface area contributed by atoms with Crippen LogP contribution in [-0.4, -0.2) is 41.0 Å². The lowest BCUT2D eigenvalue weighted by molar-refractivity contribution is 0.407. The molecule has 0 saturated heterocycles. The molecule has 0 aliphatic heterocycles. The number of hydrogen-bond acceptors (Lipinski definition) is 6. The number of pyridine rings is 1. The van der Waals surface area contributed by atoms with Crippen molar-refractivity contribution in [2.24, 2.45) is 0 Å². The van der Waals surface area contributed by atoms with Crippen molar-refractivity contribution in [1.82, 2.24) is 19.7 Å². The highest BCUT2D eigenvalue weighted by molar-refractivity contribution is 7.98. The van der Waals surface area contributed by atoms with Crippen molar-refractivity contribution < 1.29 is 4.74 Å². The van der Waals surface area contributed by atoms with Crippen LogP contribution in [0.1, 0.15) is 36.7 Å². The molecule has 2 aromatic rings. The van der Waals surface area contributed by atoms with Crippen molar-refractivity contribution >= 4 is 17.7 Å². The zero-order valence-corrected chi connectivity index (χ0v) is 15.7. The van der Waals surface area contributed by atoms with Crippen molar-refractivity contribution in [3.05, 3.63) is 23.0 Å². The fourth-order valence-electron chi connectivity index (χ4n) is 2.47. The molecule has 0 unspecified atom stereocenters. The predicted molar refractivity (Wildman–Crippen MR) is 94.6 cm³/mol. The third-order valence-electron chi connectivity index (χ3n) is 3.65. The molecule has 0 aliphatic rings. The molecule has 0 N–H and O–H groups in total. The molecule has 6 nitrogen and oxygen atoms in total. The molecule has 23 heavy (non-hydrogen) atoms. The summed E-state index contributed by atoms with van der Waals surface area (Å²) < 4.78 is 7.62. The molecule has 0 atom stereocenters. The van der Waals surface area contributed by atoms with E-state index in [-0.39, 0.29) is 0 Å². The third-order valence-corrected chi connectivity index (χ3v) is 4.61. The molecule has 0 saturated carbocycles. The standard InChI is InChI=1S/C16H25N5OS/c1-10(2)21-15(20(5)6)18-19-16(21)23-9-13-12(4)14(22-7)11(3)8-17-13/h8,10H,9H2,1-7H3. The van der Waals surface area contributed by atoms with E-state index in [9.17, 15) is 0 Å². The van der Waals surface area contributed by atoms with Crippen LogP contribution in [0.3, 0.4) is 0 Å². The molecule has 0 spiro atoms. The highest BCUT2D eigenvalue weighted by atomic mass is 32.2. The average Bonchev–Trinajstić information content (AvgIpc) is 2.91. The first-order chi connectivity index (χ1) is 10.9. The van der Waals surface area contributed by atoms with Gasteiger partial charge in [-0.15, -0.1) is 10.2 Å². The van der Waals surface area contributed by atoms with E-state index in [1.807, 2.05) is 39.0 Å². The van der Waals surface area contributed by atoms with E-state index >= 15 is 0 Å². The Hall–Kier alpha value is -1.76. The van der Waals surface area contributed by atoms with Gasteiger partial charge in [0.2, 0.25) is 5.95 Å². The Morgan fingerprint density at radius 1 is 1.26 bits per heavy atom. The van der Waals surface area contributed by atoms with Crippen molar-refractivity contribution in [3.8, 4) is 5.75 Å². The van der Waals surface area contributed by atoms with Crippen LogP contribution in [0.5, 0.6) is 5.75 Å². The highest BCUT2D eigenvalue weighted by Crippen LogP contribution is 2.31. The zero-order valence-electron chi connectivity index (χ0n) is 14.9. The normalized spacial score (nSPS) is 11.1. The Morgan fingerprint density at radius 3 is 2.52 bits per heavy atom. The maximum Gasteiger partial charge on any atom is 0.227 e. The highest BCUT2D eigenvalue weighted by Gasteiger charge is 2.18. The summed E-state index contributed by atoms with van der Waals surface area (Å²) in [5.74, 6) is 2.52. The Labute approximate surface area is 142 Å². The topological polar surface area (TPSA) is 56.1 Å². The molecule has 0 fully saturated rings. The first kappa shape index (κ1) is 17.6. The SMILES string of the molecule is COc1c(C)cnc(CSc2nnc(N(C)C)n2C(C)C)c1C. The summed E-state index contributed by atoms with van der Waals surface area (Å²) in [5, 5.41) is 9.54. The van der Waals surface area contributed by atoms with Crippen LogP contribution in [0.25, 0.3) is 0 Å². The second kappa shape index (κ2) is 7.21. The molecule has 0 aromatic carbocycles. The second-order valence-corrected chi connectivity index (χ2v) is 6.92. The molecular weight excluding hydrogens is 310 g/mol. The molecule has 0 radical (unpaired) electrons. The number of anilines is 1. The van der Waals surface area contributed by atoms with E-state index in [2.05, 4.69) is 33.6 Å². The minimum atomic E-state index is 0.298. The maximum atomic E-state index is 5.48. The molecule has 2 rings (SSSR count). The van der Waals surface area contributed by atoms with Gasteiger partial charge in [0.1, 0.15) is 5.75 Å². The van der Waals surface area contributed by atoms with Crippen molar-refractivity contribution in [1.29, 1.82) is 0 Å². The summed E-state index contributed by atoms with van der Waals surface area (Å²) in [6.45, 7) is 8.33. The van der Waals surface area contributed by atoms with Gasteiger partial charge in [0.05, 0.1) is 12.8 Å². The van der Waals surface area contributed by atoms with E-state index in [0.717, 1.165) is 39.4 Å². The molecule has 0 amide bonds. The Balaban J connectivity index is 2.25. The van der Waals surface area contributed by atoms with Crippen LogP contribution in [-0.2, 0) is 5.75 Å². The predicted octanol–water partition coefficient (Wildman–Crippen LogP) is 3.24. The molecule has 126 valence electrons. The van der Waals surface area contributed by atoms with Gasteiger partial charge in [-0.3, -0.25) is 9.55 Å². The van der Waals surface area contributed by atoms with Gasteiger partial charge in [-0.1, -0.05) is 11.8 Å². The molecular formula is C16H25N5OS. The fraction of sp³-hybridized carbons (Fsp3) is 0.562. The Bertz CT molecular complexity index is 681. The quantitative estimate of drug-likeness (QED) is 0.756. The smallest absolute Gasteiger partial charge is 0.227 e. The van der Waals surface area contributed by atoms with E-state index in [4.69, 9.17) is 4.74 Å². The largest absolute Gasteiger partial charge is 0.496 e. The number of aryl methyl sites for hydroxylation is 1. The lowest BCUT2D eigenvalue weighted by atomic mass is 10.1. The van der Waals surface area contributed by atoms with E-state index in [1.54, 1.807) is 18.9 Å². The van der Waals surface area contributed by atoms with Crippen LogP contribution < -0.4 is 9.64 Å². The summed E-state index contributed by atoms with van der Waals surface area (Å²) in [4.78, 5) is 6.53. The number of hydrogen-bond donors (Lipinski definition) is 0. The lowest BCUT2D eigenvalue weighted by Crippen LogP contribution is -2.17. The summed E-state index contributed by atoms with van der Waals surface area (Å²) in [5.41, 5.74) is 3.16. The summed E-state index contributed by atoms with van der Waals surface area (Å²) >= 11 is 1.65. The van der Waals surface area contributed by atoms with Crippen molar-refractivity contribution in [2.45, 2.75) is 44.6 Å². The maximum absolute atomic E-state index is 5.48. The van der Waals surface area contributed by atoms with Gasteiger partial charge >= 0.3 is 0 Å². The number of nitrogens with zero attached hydrogens (tertiary/aromatic N) is 5. The van der Waals surface area contributed by atoms with Gasteiger partial charge in [0.25, 0.3) is 0 Å². The minimum Gasteiger partial charge on any atom is -0.496 e. The summed E-state index contributed by atoms with van der Waals surface area (Å²) in [7, 11) is 5.66. The van der Waals surface area contributed by atoms with Crippen LogP contribution in [0.4, 0.5) is 5.95 Å². The average molecular weight is 335 g/mol. The zero-order chi connectivity index (χ0) is 17.1. The first-order valence-corrected chi connectivity index (χ1v) is 8.59. The van der Waals surface area contributed by atoms with E-state index in [1.165, 1.54) is 0 Å². The Kier molecular flexibility index (Phi) is 5.51. The van der Waals surface area contributed by atoms with Gasteiger partial charge in [-0.05, 0) is 27.7 Å². The molecule has 0 aliphatic carbocycles. The van der Waals surface area contributed by atoms with Gasteiger partial charge in [0.15, 0.2) is 5.16 Å². The molecule has 0 bridgehead atoms.